The van der Waals surface area contributed by atoms with Crippen molar-refractivity contribution in [3.8, 4) is 5.75 Å². The molecule has 2 heterocycles. The third kappa shape index (κ3) is 2.53. The van der Waals surface area contributed by atoms with Gasteiger partial charge in [-0.2, -0.15) is 0 Å². The fourth-order valence-corrected chi connectivity index (χ4v) is 3.66. The molecule has 1 aromatic carbocycles. The molecule has 1 N–H and O–H groups in total. The lowest BCUT2D eigenvalue weighted by molar-refractivity contribution is 0.181. The van der Waals surface area contributed by atoms with E-state index in [4.69, 9.17) is 4.74 Å². The van der Waals surface area contributed by atoms with E-state index in [1.165, 1.54) is 15.3 Å². The SMILES string of the molecule is CCNC(c1ccc(C)s1)C1Cc2ccccc2O1. The summed E-state index contributed by atoms with van der Waals surface area (Å²) < 4.78 is 6.13. The lowest BCUT2D eigenvalue weighted by atomic mass is 10.0. The number of benzene rings is 1. The van der Waals surface area contributed by atoms with Crippen LogP contribution in [0.15, 0.2) is 36.4 Å². The van der Waals surface area contributed by atoms with E-state index < -0.39 is 0 Å². The van der Waals surface area contributed by atoms with E-state index in [1.807, 2.05) is 17.4 Å². The molecule has 1 aliphatic heterocycles. The maximum Gasteiger partial charge on any atom is 0.123 e. The van der Waals surface area contributed by atoms with Crippen LogP contribution in [0.25, 0.3) is 0 Å². The summed E-state index contributed by atoms with van der Waals surface area (Å²) in [6.07, 6.45) is 1.19. The molecule has 0 radical (unpaired) electrons. The van der Waals surface area contributed by atoms with Gasteiger partial charge >= 0.3 is 0 Å². The van der Waals surface area contributed by atoms with Crippen LogP contribution in [0, 0.1) is 6.92 Å². The van der Waals surface area contributed by atoms with E-state index in [-0.39, 0.29) is 12.1 Å². The molecule has 0 spiro atoms. The lowest BCUT2D eigenvalue weighted by Gasteiger charge is -2.23. The van der Waals surface area contributed by atoms with E-state index in [9.17, 15) is 0 Å². The van der Waals surface area contributed by atoms with Crippen molar-refractivity contribution in [3.63, 3.8) is 0 Å². The van der Waals surface area contributed by atoms with Crippen LogP contribution in [0.4, 0.5) is 0 Å². The molecule has 2 atom stereocenters. The van der Waals surface area contributed by atoms with Crippen LogP contribution < -0.4 is 10.1 Å². The highest BCUT2D eigenvalue weighted by Gasteiger charge is 2.31. The fraction of sp³-hybridized carbons (Fsp3) is 0.375. The Labute approximate surface area is 118 Å². The molecule has 0 amide bonds. The number of fused-ring (bicyclic) bond motifs is 1. The second kappa shape index (κ2) is 5.35. The summed E-state index contributed by atoms with van der Waals surface area (Å²) in [5.74, 6) is 1.05. The molecule has 3 rings (SSSR count). The minimum absolute atomic E-state index is 0.204. The topological polar surface area (TPSA) is 21.3 Å². The summed E-state index contributed by atoms with van der Waals surface area (Å²) >= 11 is 1.86. The molecular weight excluding hydrogens is 254 g/mol. The van der Waals surface area contributed by atoms with E-state index in [1.54, 1.807) is 0 Å². The van der Waals surface area contributed by atoms with Gasteiger partial charge in [-0.15, -0.1) is 11.3 Å². The second-order valence-corrected chi connectivity index (χ2v) is 6.27. The number of ether oxygens (including phenoxy) is 1. The molecular formula is C16H19NOS. The van der Waals surface area contributed by atoms with Crippen molar-refractivity contribution in [2.75, 3.05) is 6.54 Å². The summed E-state index contributed by atoms with van der Waals surface area (Å²) in [5.41, 5.74) is 1.32. The Balaban J connectivity index is 1.83. The summed E-state index contributed by atoms with van der Waals surface area (Å²) in [7, 11) is 0. The van der Waals surface area contributed by atoms with Crippen LogP contribution in [0.1, 0.15) is 28.3 Å². The highest BCUT2D eigenvalue weighted by atomic mass is 32.1. The van der Waals surface area contributed by atoms with Crippen LogP contribution in [0.5, 0.6) is 5.75 Å². The van der Waals surface area contributed by atoms with Gasteiger partial charge < -0.3 is 10.1 Å². The highest BCUT2D eigenvalue weighted by molar-refractivity contribution is 7.12. The number of rotatable bonds is 4. The molecule has 0 aliphatic carbocycles. The average molecular weight is 273 g/mol. The van der Waals surface area contributed by atoms with Crippen LogP contribution in [-0.4, -0.2) is 12.6 Å². The van der Waals surface area contributed by atoms with Crippen molar-refractivity contribution in [1.82, 2.24) is 5.32 Å². The van der Waals surface area contributed by atoms with E-state index in [2.05, 4.69) is 49.5 Å². The van der Waals surface area contributed by atoms with Crippen LogP contribution in [-0.2, 0) is 6.42 Å². The molecule has 2 nitrogen and oxygen atoms in total. The quantitative estimate of drug-likeness (QED) is 0.917. The van der Waals surface area contributed by atoms with Crippen molar-refractivity contribution in [2.24, 2.45) is 0 Å². The maximum atomic E-state index is 6.13. The first kappa shape index (κ1) is 12.7. The molecule has 1 aliphatic rings. The van der Waals surface area contributed by atoms with Gasteiger partial charge in [-0.3, -0.25) is 0 Å². The molecule has 0 bridgehead atoms. The van der Waals surface area contributed by atoms with Crippen molar-refractivity contribution < 1.29 is 4.74 Å². The molecule has 2 unspecified atom stereocenters. The van der Waals surface area contributed by atoms with Crippen LogP contribution >= 0.6 is 11.3 Å². The van der Waals surface area contributed by atoms with Crippen molar-refractivity contribution in [1.29, 1.82) is 0 Å². The predicted molar refractivity (Wildman–Crippen MR) is 80.0 cm³/mol. The summed E-state index contributed by atoms with van der Waals surface area (Å²) in [5, 5.41) is 3.57. The van der Waals surface area contributed by atoms with E-state index >= 15 is 0 Å². The minimum atomic E-state index is 0.204. The molecule has 100 valence electrons. The predicted octanol–water partition coefficient (Wildman–Crippen LogP) is 3.71. The lowest BCUT2D eigenvalue weighted by Crippen LogP contribution is -2.34. The standard InChI is InChI=1S/C16H19NOS/c1-3-17-16(15-9-8-11(2)19-15)14-10-12-6-4-5-7-13(12)18-14/h4-9,14,16-17H,3,10H2,1-2H3. The molecule has 2 aromatic rings. The fourth-order valence-electron chi connectivity index (χ4n) is 2.65. The Morgan fingerprint density at radius 1 is 1.32 bits per heavy atom. The van der Waals surface area contributed by atoms with Gasteiger partial charge in [-0.05, 0) is 37.2 Å². The van der Waals surface area contributed by atoms with Crippen molar-refractivity contribution in [3.05, 3.63) is 51.7 Å². The van der Waals surface area contributed by atoms with E-state index in [0.29, 0.717) is 0 Å². The van der Waals surface area contributed by atoms with Gasteiger partial charge in [0.25, 0.3) is 0 Å². The number of thiophene rings is 1. The first-order valence-corrected chi connectivity index (χ1v) is 7.64. The number of aryl methyl sites for hydroxylation is 1. The Bertz CT molecular complexity index is 538. The normalized spacial score (nSPS) is 18.9. The number of likely N-dealkylation sites (N-methyl/N-ethyl adjacent to an activating group) is 1. The first-order chi connectivity index (χ1) is 9.28. The van der Waals surface area contributed by atoms with Gasteiger partial charge in [0.2, 0.25) is 0 Å². The molecule has 3 heteroatoms. The zero-order valence-corrected chi connectivity index (χ0v) is 12.2. The summed E-state index contributed by atoms with van der Waals surface area (Å²) in [4.78, 5) is 2.73. The third-order valence-corrected chi connectivity index (χ3v) is 4.62. The van der Waals surface area contributed by atoms with Gasteiger partial charge in [0, 0.05) is 16.2 Å². The summed E-state index contributed by atoms with van der Waals surface area (Å²) in [6, 6.07) is 13.1. The number of nitrogens with one attached hydrogen (secondary N) is 1. The highest BCUT2D eigenvalue weighted by Crippen LogP contribution is 2.35. The Morgan fingerprint density at radius 3 is 2.84 bits per heavy atom. The smallest absolute Gasteiger partial charge is 0.123 e. The zero-order chi connectivity index (χ0) is 13.2. The first-order valence-electron chi connectivity index (χ1n) is 6.82. The minimum Gasteiger partial charge on any atom is -0.488 e. The van der Waals surface area contributed by atoms with Gasteiger partial charge in [0.15, 0.2) is 0 Å². The Kier molecular flexibility index (Phi) is 3.58. The van der Waals surface area contributed by atoms with Crippen LogP contribution in [0.3, 0.4) is 0 Å². The summed E-state index contributed by atoms with van der Waals surface area (Å²) in [6.45, 7) is 5.26. The number of hydrogen-bond acceptors (Lipinski definition) is 3. The van der Waals surface area contributed by atoms with Crippen molar-refractivity contribution in [2.45, 2.75) is 32.4 Å². The monoisotopic (exact) mass is 273 g/mol. The van der Waals surface area contributed by atoms with Gasteiger partial charge in [-0.1, -0.05) is 25.1 Å². The molecule has 0 fully saturated rings. The van der Waals surface area contributed by atoms with Gasteiger partial charge in [0.1, 0.15) is 11.9 Å². The average Bonchev–Trinajstić information content (AvgIpc) is 3.01. The van der Waals surface area contributed by atoms with Crippen molar-refractivity contribution >= 4 is 11.3 Å². The Morgan fingerprint density at radius 2 is 2.16 bits per heavy atom. The molecule has 19 heavy (non-hydrogen) atoms. The molecule has 1 aromatic heterocycles. The van der Waals surface area contributed by atoms with Gasteiger partial charge in [0.05, 0.1) is 6.04 Å². The van der Waals surface area contributed by atoms with E-state index in [0.717, 1.165) is 18.7 Å². The second-order valence-electron chi connectivity index (χ2n) is 4.95. The third-order valence-electron chi connectivity index (χ3n) is 3.54. The zero-order valence-electron chi connectivity index (χ0n) is 11.3. The Hall–Kier alpha value is -1.32. The van der Waals surface area contributed by atoms with Crippen LogP contribution in [0.2, 0.25) is 0 Å². The molecule has 0 saturated heterocycles. The number of para-hydroxylation sites is 1. The maximum absolute atomic E-state index is 6.13. The largest absolute Gasteiger partial charge is 0.488 e. The molecule has 0 saturated carbocycles. The number of hydrogen-bond donors (Lipinski definition) is 1. The van der Waals surface area contributed by atoms with Gasteiger partial charge in [-0.25, -0.2) is 0 Å².